The number of aromatic nitrogens is 2. The van der Waals surface area contributed by atoms with Crippen molar-refractivity contribution in [2.45, 2.75) is 6.42 Å². The molecule has 124 valence electrons. The zero-order valence-electron chi connectivity index (χ0n) is 13.4. The highest BCUT2D eigenvalue weighted by molar-refractivity contribution is 5.57. The summed E-state index contributed by atoms with van der Waals surface area (Å²) in [4.78, 5) is 8.57. The maximum absolute atomic E-state index is 12.9. The standard InChI is InChI=1S/C19H16FN5/c20-16-6-4-14(5-7-16)8-10-22-18-9-11-23-19(25-18)24-17-3-1-2-15(12-17)13-21/h1-7,9,11-12H,8,10H2,(H2,22,23,24,25). The number of hydrogen-bond acceptors (Lipinski definition) is 5. The summed E-state index contributed by atoms with van der Waals surface area (Å²) < 4.78 is 12.9. The molecular formula is C19H16FN5. The summed E-state index contributed by atoms with van der Waals surface area (Å²) in [5, 5.41) is 15.2. The molecule has 3 aromatic rings. The van der Waals surface area contributed by atoms with Crippen molar-refractivity contribution in [3.63, 3.8) is 0 Å². The number of hydrogen-bond donors (Lipinski definition) is 2. The Morgan fingerprint density at radius 1 is 1.08 bits per heavy atom. The van der Waals surface area contributed by atoms with E-state index in [0.717, 1.165) is 17.7 Å². The first-order valence-corrected chi connectivity index (χ1v) is 7.81. The van der Waals surface area contributed by atoms with Gasteiger partial charge in [0.15, 0.2) is 0 Å². The highest BCUT2D eigenvalue weighted by atomic mass is 19.1. The summed E-state index contributed by atoms with van der Waals surface area (Å²) in [6, 6.07) is 17.4. The lowest BCUT2D eigenvalue weighted by Gasteiger charge is -2.08. The smallest absolute Gasteiger partial charge is 0.229 e. The van der Waals surface area contributed by atoms with Crippen molar-refractivity contribution in [1.82, 2.24) is 9.97 Å². The Kier molecular flexibility index (Phi) is 5.17. The Balaban J connectivity index is 1.59. The zero-order chi connectivity index (χ0) is 17.5. The van der Waals surface area contributed by atoms with Gasteiger partial charge in [0, 0.05) is 18.4 Å². The maximum Gasteiger partial charge on any atom is 0.229 e. The normalized spacial score (nSPS) is 10.1. The molecule has 2 aromatic carbocycles. The number of halogens is 1. The topological polar surface area (TPSA) is 73.6 Å². The molecule has 1 heterocycles. The van der Waals surface area contributed by atoms with E-state index in [9.17, 15) is 4.39 Å². The van der Waals surface area contributed by atoms with Crippen molar-refractivity contribution in [3.8, 4) is 6.07 Å². The number of rotatable bonds is 6. The molecule has 0 saturated carbocycles. The average molecular weight is 333 g/mol. The fourth-order valence-electron chi connectivity index (χ4n) is 2.30. The molecule has 0 spiro atoms. The van der Waals surface area contributed by atoms with Gasteiger partial charge < -0.3 is 10.6 Å². The van der Waals surface area contributed by atoms with E-state index < -0.39 is 0 Å². The van der Waals surface area contributed by atoms with E-state index in [-0.39, 0.29) is 5.82 Å². The third kappa shape index (κ3) is 4.75. The van der Waals surface area contributed by atoms with Gasteiger partial charge >= 0.3 is 0 Å². The first-order valence-electron chi connectivity index (χ1n) is 7.81. The molecule has 0 unspecified atom stereocenters. The molecule has 5 nitrogen and oxygen atoms in total. The number of anilines is 3. The lowest BCUT2D eigenvalue weighted by Crippen LogP contribution is -2.07. The molecule has 1 aromatic heterocycles. The number of nitrogens with one attached hydrogen (secondary N) is 2. The van der Waals surface area contributed by atoms with Gasteiger partial charge in [0.05, 0.1) is 11.6 Å². The molecule has 0 aliphatic heterocycles. The van der Waals surface area contributed by atoms with E-state index in [1.54, 1.807) is 42.6 Å². The van der Waals surface area contributed by atoms with E-state index in [0.29, 0.717) is 23.9 Å². The molecule has 0 radical (unpaired) electrons. The second-order valence-electron chi connectivity index (χ2n) is 5.39. The minimum atomic E-state index is -0.233. The molecule has 0 bridgehead atoms. The lowest BCUT2D eigenvalue weighted by atomic mass is 10.1. The van der Waals surface area contributed by atoms with E-state index >= 15 is 0 Å². The van der Waals surface area contributed by atoms with Crippen molar-refractivity contribution in [3.05, 3.63) is 77.7 Å². The predicted molar refractivity (Wildman–Crippen MR) is 95.1 cm³/mol. The average Bonchev–Trinajstić information content (AvgIpc) is 2.64. The fraction of sp³-hybridized carbons (Fsp3) is 0.105. The summed E-state index contributed by atoms with van der Waals surface area (Å²) in [6.45, 7) is 0.673. The monoisotopic (exact) mass is 333 g/mol. The molecular weight excluding hydrogens is 317 g/mol. The van der Waals surface area contributed by atoms with Gasteiger partial charge in [0.1, 0.15) is 11.6 Å². The van der Waals surface area contributed by atoms with Crippen molar-refractivity contribution < 1.29 is 4.39 Å². The summed E-state index contributed by atoms with van der Waals surface area (Å²) in [5.74, 6) is 0.904. The third-order valence-electron chi connectivity index (χ3n) is 3.54. The largest absolute Gasteiger partial charge is 0.370 e. The molecule has 0 amide bonds. The van der Waals surface area contributed by atoms with Crippen molar-refractivity contribution in [2.24, 2.45) is 0 Å². The van der Waals surface area contributed by atoms with Gasteiger partial charge in [-0.3, -0.25) is 0 Å². The SMILES string of the molecule is N#Cc1cccc(Nc2nccc(NCCc3ccc(F)cc3)n2)c1. The van der Waals surface area contributed by atoms with Crippen LogP contribution in [0.5, 0.6) is 0 Å². The Bertz CT molecular complexity index is 887. The number of nitrogens with zero attached hydrogens (tertiary/aromatic N) is 3. The second kappa shape index (κ2) is 7.88. The third-order valence-corrected chi connectivity index (χ3v) is 3.54. The Morgan fingerprint density at radius 3 is 2.72 bits per heavy atom. The van der Waals surface area contributed by atoms with Crippen molar-refractivity contribution >= 4 is 17.5 Å². The molecule has 0 aliphatic carbocycles. The van der Waals surface area contributed by atoms with Gasteiger partial charge in [0.2, 0.25) is 5.95 Å². The molecule has 6 heteroatoms. The minimum Gasteiger partial charge on any atom is -0.370 e. The van der Waals surface area contributed by atoms with Crippen LogP contribution in [0.15, 0.2) is 60.8 Å². The van der Waals surface area contributed by atoms with E-state index in [1.165, 1.54) is 12.1 Å². The summed E-state index contributed by atoms with van der Waals surface area (Å²) in [7, 11) is 0. The lowest BCUT2D eigenvalue weighted by molar-refractivity contribution is 0.627. The van der Waals surface area contributed by atoms with Crippen LogP contribution in [0.25, 0.3) is 0 Å². The predicted octanol–water partition coefficient (Wildman–Crippen LogP) is 3.89. The number of benzene rings is 2. The highest BCUT2D eigenvalue weighted by Crippen LogP contribution is 2.15. The van der Waals surface area contributed by atoms with Gasteiger partial charge in [-0.2, -0.15) is 10.2 Å². The molecule has 2 N–H and O–H groups in total. The highest BCUT2D eigenvalue weighted by Gasteiger charge is 2.01. The Labute approximate surface area is 145 Å². The van der Waals surface area contributed by atoms with Crippen LogP contribution >= 0.6 is 0 Å². The molecule has 0 fully saturated rings. The van der Waals surface area contributed by atoms with Crippen LogP contribution in [0.1, 0.15) is 11.1 Å². The van der Waals surface area contributed by atoms with Gasteiger partial charge in [0.25, 0.3) is 0 Å². The van der Waals surface area contributed by atoms with Crippen LogP contribution in [0.4, 0.5) is 21.8 Å². The van der Waals surface area contributed by atoms with Crippen molar-refractivity contribution in [1.29, 1.82) is 5.26 Å². The molecule has 25 heavy (non-hydrogen) atoms. The van der Waals surface area contributed by atoms with E-state index in [2.05, 4.69) is 26.7 Å². The summed E-state index contributed by atoms with van der Waals surface area (Å²) in [6.07, 6.45) is 2.42. The zero-order valence-corrected chi connectivity index (χ0v) is 13.4. The van der Waals surface area contributed by atoms with Crippen LogP contribution in [-0.2, 0) is 6.42 Å². The Morgan fingerprint density at radius 2 is 1.92 bits per heavy atom. The fourth-order valence-corrected chi connectivity index (χ4v) is 2.30. The van der Waals surface area contributed by atoms with Gasteiger partial charge in [-0.25, -0.2) is 9.37 Å². The summed E-state index contributed by atoms with van der Waals surface area (Å²) >= 11 is 0. The van der Waals surface area contributed by atoms with Gasteiger partial charge in [-0.15, -0.1) is 0 Å². The van der Waals surface area contributed by atoms with Crippen LogP contribution in [0.2, 0.25) is 0 Å². The van der Waals surface area contributed by atoms with Crippen LogP contribution in [0.3, 0.4) is 0 Å². The van der Waals surface area contributed by atoms with E-state index in [1.807, 2.05) is 6.07 Å². The second-order valence-corrected chi connectivity index (χ2v) is 5.39. The van der Waals surface area contributed by atoms with Crippen LogP contribution < -0.4 is 10.6 Å². The molecule has 0 atom stereocenters. The Hall–Kier alpha value is -3.46. The first kappa shape index (κ1) is 16.4. The molecule has 0 saturated heterocycles. The quantitative estimate of drug-likeness (QED) is 0.716. The van der Waals surface area contributed by atoms with Crippen LogP contribution in [-0.4, -0.2) is 16.5 Å². The van der Waals surface area contributed by atoms with E-state index in [4.69, 9.17) is 5.26 Å². The van der Waals surface area contributed by atoms with Gasteiger partial charge in [-0.05, 0) is 48.4 Å². The van der Waals surface area contributed by atoms with Crippen molar-refractivity contribution in [2.75, 3.05) is 17.2 Å². The molecule has 3 rings (SSSR count). The molecule has 0 aliphatic rings. The first-order chi connectivity index (χ1) is 12.2. The van der Waals surface area contributed by atoms with Crippen LogP contribution in [0, 0.1) is 17.1 Å². The number of nitriles is 1. The summed E-state index contributed by atoms with van der Waals surface area (Å²) in [5.41, 5.74) is 2.37. The van der Waals surface area contributed by atoms with Gasteiger partial charge in [-0.1, -0.05) is 18.2 Å². The minimum absolute atomic E-state index is 0.233. The maximum atomic E-state index is 12.9.